The summed E-state index contributed by atoms with van der Waals surface area (Å²) in [6, 6.07) is 5.24. The first kappa shape index (κ1) is 22.5. The molecule has 3 rings (SSSR count). The minimum atomic E-state index is -1.42. The molecule has 1 saturated carbocycles. The smallest absolute Gasteiger partial charge is 0.434 e. The third kappa shape index (κ3) is 4.74. The van der Waals surface area contributed by atoms with Crippen molar-refractivity contribution in [2.75, 3.05) is 26.9 Å². The monoisotopic (exact) mass is 435 g/mol. The lowest BCUT2D eigenvalue weighted by Gasteiger charge is -2.26. The third-order valence-corrected chi connectivity index (χ3v) is 7.19. The molecule has 0 radical (unpaired) electrons. The summed E-state index contributed by atoms with van der Waals surface area (Å²) in [5.41, 5.74) is 7.12. The van der Waals surface area contributed by atoms with E-state index < -0.39 is 17.1 Å². The Morgan fingerprint density at radius 3 is 2.83 bits per heavy atom. The number of aldehydes is 1. The molecule has 1 aliphatic carbocycles. The number of nitrogens with zero attached hydrogens (tertiary/aromatic N) is 2. The van der Waals surface area contributed by atoms with Crippen LogP contribution in [0.25, 0.3) is 6.08 Å². The lowest BCUT2D eigenvalue weighted by molar-refractivity contribution is 0.0310. The molecule has 2 aliphatic rings. The van der Waals surface area contributed by atoms with Crippen LogP contribution in [0.1, 0.15) is 48.5 Å². The Kier molecular flexibility index (Phi) is 7.27. The van der Waals surface area contributed by atoms with E-state index >= 15 is 0 Å². The standard InChI is InChI=1S/C21H29N3O5S/c1-3-13-28-20(26)29-15-23(2)11-7-17-16(14-25)5-4-6-18(17)30(27)24-12-8-19(22)21(24)9-10-21/h4-7,11,14,19H,3,8-10,12-13,15,22H2,1-2H3/b11-7-. The molecule has 1 saturated heterocycles. The van der Waals surface area contributed by atoms with Gasteiger partial charge in [-0.15, -0.1) is 0 Å². The number of rotatable bonds is 9. The van der Waals surface area contributed by atoms with Crippen LogP contribution in [0.15, 0.2) is 29.3 Å². The molecule has 1 aromatic carbocycles. The molecule has 2 unspecified atom stereocenters. The van der Waals surface area contributed by atoms with Gasteiger partial charge >= 0.3 is 6.16 Å². The molecule has 2 fully saturated rings. The number of carbonyl (C=O) groups is 2. The highest BCUT2D eigenvalue weighted by Gasteiger charge is 2.58. The van der Waals surface area contributed by atoms with Crippen molar-refractivity contribution in [3.8, 4) is 0 Å². The SMILES string of the molecule is CCCOC(=O)OCN(C)/C=C\c1c(C=O)cccc1S(=O)N1CCC(N)C12CC2. The first-order valence-electron chi connectivity index (χ1n) is 10.1. The number of hydrogen-bond donors (Lipinski definition) is 1. The number of hydrogen-bond acceptors (Lipinski definition) is 7. The minimum Gasteiger partial charge on any atom is -0.434 e. The Morgan fingerprint density at radius 2 is 2.17 bits per heavy atom. The van der Waals surface area contributed by atoms with E-state index in [1.165, 1.54) is 0 Å². The highest BCUT2D eigenvalue weighted by molar-refractivity contribution is 7.82. The Labute approximate surface area is 179 Å². The fourth-order valence-electron chi connectivity index (χ4n) is 3.67. The average Bonchev–Trinajstić information content (AvgIpc) is 3.49. The van der Waals surface area contributed by atoms with E-state index in [0.717, 1.165) is 32.0 Å². The van der Waals surface area contributed by atoms with Gasteiger partial charge in [-0.1, -0.05) is 19.1 Å². The molecule has 0 bridgehead atoms. The van der Waals surface area contributed by atoms with Crippen LogP contribution >= 0.6 is 0 Å². The summed E-state index contributed by atoms with van der Waals surface area (Å²) in [5.74, 6) is 0. The van der Waals surface area contributed by atoms with Crippen molar-refractivity contribution in [2.45, 2.75) is 49.1 Å². The first-order chi connectivity index (χ1) is 14.4. The second-order valence-electron chi connectivity index (χ2n) is 7.67. The molecule has 1 spiro atoms. The van der Waals surface area contributed by atoms with E-state index in [1.807, 2.05) is 11.2 Å². The van der Waals surface area contributed by atoms with E-state index in [9.17, 15) is 13.8 Å². The van der Waals surface area contributed by atoms with Gasteiger partial charge in [0.05, 0.1) is 11.5 Å². The fraction of sp³-hybridized carbons (Fsp3) is 0.524. The van der Waals surface area contributed by atoms with Gasteiger partial charge in [0.15, 0.2) is 13.0 Å². The van der Waals surface area contributed by atoms with Crippen LogP contribution in [0.5, 0.6) is 0 Å². The predicted molar refractivity (Wildman–Crippen MR) is 114 cm³/mol. The van der Waals surface area contributed by atoms with Crippen LogP contribution in [0.3, 0.4) is 0 Å². The van der Waals surface area contributed by atoms with Gasteiger partial charge < -0.3 is 20.1 Å². The summed E-state index contributed by atoms with van der Waals surface area (Å²) in [6.45, 7) is 2.87. The molecule has 0 aromatic heterocycles. The zero-order valence-electron chi connectivity index (χ0n) is 17.4. The van der Waals surface area contributed by atoms with E-state index in [-0.39, 0.29) is 18.3 Å². The molecule has 1 heterocycles. The maximum absolute atomic E-state index is 13.4. The second kappa shape index (κ2) is 9.72. The van der Waals surface area contributed by atoms with Gasteiger partial charge in [0.1, 0.15) is 11.0 Å². The van der Waals surface area contributed by atoms with Gasteiger partial charge in [-0.25, -0.2) is 13.3 Å². The molecular weight excluding hydrogens is 406 g/mol. The highest BCUT2D eigenvalue weighted by Crippen LogP contribution is 2.50. The van der Waals surface area contributed by atoms with Crippen molar-refractivity contribution in [3.63, 3.8) is 0 Å². The summed E-state index contributed by atoms with van der Waals surface area (Å²) in [4.78, 5) is 25.3. The molecule has 1 aromatic rings. The van der Waals surface area contributed by atoms with Crippen molar-refractivity contribution in [1.29, 1.82) is 0 Å². The van der Waals surface area contributed by atoms with E-state index in [1.54, 1.807) is 42.4 Å². The zero-order valence-corrected chi connectivity index (χ0v) is 18.2. The summed E-state index contributed by atoms with van der Waals surface area (Å²) in [6.07, 6.45) is 6.86. The van der Waals surface area contributed by atoms with E-state index in [0.29, 0.717) is 29.2 Å². The van der Waals surface area contributed by atoms with Crippen LogP contribution in [0, 0.1) is 0 Å². The van der Waals surface area contributed by atoms with Crippen LogP contribution in [0.2, 0.25) is 0 Å². The molecule has 0 amide bonds. The van der Waals surface area contributed by atoms with Gasteiger partial charge in [0.25, 0.3) is 0 Å². The predicted octanol–water partition coefficient (Wildman–Crippen LogP) is 2.51. The first-order valence-corrected chi connectivity index (χ1v) is 11.2. The summed E-state index contributed by atoms with van der Waals surface area (Å²) < 4.78 is 25.3. The molecular formula is C21H29N3O5S. The lowest BCUT2D eigenvalue weighted by Crippen LogP contribution is -2.42. The molecule has 30 heavy (non-hydrogen) atoms. The van der Waals surface area contributed by atoms with Gasteiger partial charge in [0, 0.05) is 42.5 Å². The molecule has 9 heteroatoms. The van der Waals surface area contributed by atoms with Crippen LogP contribution in [-0.2, 0) is 20.5 Å². The van der Waals surface area contributed by atoms with Crippen LogP contribution in [0.4, 0.5) is 4.79 Å². The van der Waals surface area contributed by atoms with Crippen LogP contribution in [-0.4, -0.2) is 64.4 Å². The van der Waals surface area contributed by atoms with Crippen molar-refractivity contribution in [1.82, 2.24) is 9.21 Å². The van der Waals surface area contributed by atoms with E-state index in [4.69, 9.17) is 15.2 Å². The van der Waals surface area contributed by atoms with Crippen molar-refractivity contribution in [2.24, 2.45) is 5.73 Å². The normalized spacial score (nSPS) is 21.0. The Bertz CT molecular complexity index is 840. The van der Waals surface area contributed by atoms with Crippen molar-refractivity contribution in [3.05, 3.63) is 35.5 Å². The van der Waals surface area contributed by atoms with E-state index in [2.05, 4.69) is 0 Å². The zero-order chi connectivity index (χ0) is 21.7. The Morgan fingerprint density at radius 1 is 1.40 bits per heavy atom. The Balaban J connectivity index is 1.74. The van der Waals surface area contributed by atoms with Gasteiger partial charge in [-0.2, -0.15) is 0 Å². The number of ether oxygens (including phenoxy) is 2. The molecule has 2 N–H and O–H groups in total. The summed E-state index contributed by atoms with van der Waals surface area (Å²) >= 11 is 0. The van der Waals surface area contributed by atoms with Crippen molar-refractivity contribution >= 4 is 29.5 Å². The maximum Gasteiger partial charge on any atom is 0.510 e. The quantitative estimate of drug-likeness (QED) is 0.361. The van der Waals surface area contributed by atoms with Crippen molar-refractivity contribution < 1.29 is 23.3 Å². The molecule has 2 atom stereocenters. The Hall–Kier alpha value is -2.23. The highest BCUT2D eigenvalue weighted by atomic mass is 32.2. The number of benzene rings is 1. The van der Waals surface area contributed by atoms with Gasteiger partial charge in [-0.3, -0.25) is 4.79 Å². The van der Waals surface area contributed by atoms with Gasteiger partial charge in [-0.05, 0) is 37.8 Å². The molecule has 8 nitrogen and oxygen atoms in total. The lowest BCUT2D eigenvalue weighted by atomic mass is 10.1. The molecule has 1 aliphatic heterocycles. The number of carbonyl (C=O) groups excluding carboxylic acids is 2. The topological polar surface area (TPSA) is 102 Å². The van der Waals surface area contributed by atoms with Crippen LogP contribution < -0.4 is 5.73 Å². The summed E-state index contributed by atoms with van der Waals surface area (Å²) in [7, 11) is 0.305. The fourth-order valence-corrected chi connectivity index (χ4v) is 5.39. The third-order valence-electron chi connectivity index (χ3n) is 5.51. The maximum atomic E-state index is 13.4. The average molecular weight is 436 g/mol. The number of nitrogens with two attached hydrogens (primary N) is 1. The largest absolute Gasteiger partial charge is 0.510 e. The second-order valence-corrected chi connectivity index (χ2v) is 9.05. The minimum absolute atomic E-state index is 0.00911. The van der Waals surface area contributed by atoms with Gasteiger partial charge in [0.2, 0.25) is 0 Å². The molecule has 164 valence electrons. The summed E-state index contributed by atoms with van der Waals surface area (Å²) in [5, 5.41) is 0.